The summed E-state index contributed by atoms with van der Waals surface area (Å²) in [7, 11) is 1.58. The van der Waals surface area contributed by atoms with E-state index in [1.54, 1.807) is 13.2 Å². The number of fused-ring (bicyclic) bond motifs is 3. The van der Waals surface area contributed by atoms with Crippen molar-refractivity contribution in [1.29, 1.82) is 0 Å². The van der Waals surface area contributed by atoms with Gasteiger partial charge in [-0.15, -0.1) is 0 Å². The number of carbonyl (C=O) groups is 1. The van der Waals surface area contributed by atoms with Crippen molar-refractivity contribution in [2.75, 3.05) is 13.9 Å². The molecule has 1 saturated carbocycles. The van der Waals surface area contributed by atoms with Crippen LogP contribution in [0.1, 0.15) is 24.3 Å². The van der Waals surface area contributed by atoms with Crippen LogP contribution in [0.3, 0.4) is 0 Å². The number of methoxy groups -OCH3 is 1. The van der Waals surface area contributed by atoms with Crippen molar-refractivity contribution in [3.63, 3.8) is 0 Å². The molecule has 1 fully saturated rings. The molecule has 5 heteroatoms. The maximum Gasteiger partial charge on any atom is 0.315 e. The van der Waals surface area contributed by atoms with E-state index in [-0.39, 0.29) is 24.6 Å². The molecule has 3 rings (SSSR count). The van der Waals surface area contributed by atoms with Crippen molar-refractivity contribution in [3.8, 4) is 11.5 Å². The first kappa shape index (κ1) is 13.6. The SMILES string of the molecule is C=C1CC2C(=O)Oc3c(Br)cc(OCOC)cc3C2C1. The molecule has 0 spiro atoms. The summed E-state index contributed by atoms with van der Waals surface area (Å²) in [6.07, 6.45) is 1.54. The van der Waals surface area contributed by atoms with Crippen LogP contribution in [-0.4, -0.2) is 19.9 Å². The molecule has 2 atom stereocenters. The molecule has 0 aromatic heterocycles. The number of rotatable bonds is 3. The minimum absolute atomic E-state index is 0.112. The van der Waals surface area contributed by atoms with Crippen molar-refractivity contribution >= 4 is 21.9 Å². The Morgan fingerprint density at radius 3 is 2.90 bits per heavy atom. The summed E-state index contributed by atoms with van der Waals surface area (Å²) in [5, 5.41) is 0. The first-order chi connectivity index (χ1) is 9.60. The summed E-state index contributed by atoms with van der Waals surface area (Å²) < 4.78 is 16.6. The third kappa shape index (κ3) is 2.25. The lowest BCUT2D eigenvalue weighted by atomic mass is 9.86. The number of benzene rings is 1. The van der Waals surface area contributed by atoms with E-state index in [1.807, 2.05) is 6.07 Å². The molecular weight excluding hydrogens is 324 g/mol. The van der Waals surface area contributed by atoms with Crippen molar-refractivity contribution in [2.24, 2.45) is 5.92 Å². The van der Waals surface area contributed by atoms with Crippen molar-refractivity contribution in [1.82, 2.24) is 0 Å². The molecule has 0 bridgehead atoms. The van der Waals surface area contributed by atoms with Crippen molar-refractivity contribution < 1.29 is 19.0 Å². The number of allylic oxidation sites excluding steroid dienone is 1. The first-order valence-electron chi connectivity index (χ1n) is 6.43. The molecule has 20 heavy (non-hydrogen) atoms. The van der Waals surface area contributed by atoms with Gasteiger partial charge < -0.3 is 14.2 Å². The van der Waals surface area contributed by atoms with Gasteiger partial charge in [0.15, 0.2) is 6.79 Å². The highest BCUT2D eigenvalue weighted by atomic mass is 79.9. The molecule has 4 nitrogen and oxygen atoms in total. The fraction of sp³-hybridized carbons (Fsp3) is 0.400. The van der Waals surface area contributed by atoms with Crippen LogP contribution in [0.15, 0.2) is 28.8 Å². The zero-order valence-corrected chi connectivity index (χ0v) is 12.7. The Morgan fingerprint density at radius 2 is 2.15 bits per heavy atom. The highest BCUT2D eigenvalue weighted by Crippen LogP contribution is 2.51. The number of hydrogen-bond acceptors (Lipinski definition) is 4. The van der Waals surface area contributed by atoms with Gasteiger partial charge in [-0.1, -0.05) is 12.2 Å². The van der Waals surface area contributed by atoms with E-state index in [1.165, 1.54) is 0 Å². The number of halogens is 1. The fourth-order valence-corrected chi connectivity index (χ4v) is 3.46. The van der Waals surface area contributed by atoms with Crippen LogP contribution in [0, 0.1) is 5.92 Å². The van der Waals surface area contributed by atoms with Gasteiger partial charge in [0.05, 0.1) is 10.4 Å². The van der Waals surface area contributed by atoms with Gasteiger partial charge in [0.1, 0.15) is 11.5 Å². The summed E-state index contributed by atoms with van der Waals surface area (Å²) in [6, 6.07) is 3.72. The van der Waals surface area contributed by atoms with Gasteiger partial charge >= 0.3 is 5.97 Å². The standard InChI is InChI=1S/C15H15BrO4/c1-8-3-10-11-5-9(19-7-18-2)6-13(16)14(11)20-15(17)12(10)4-8/h5-6,10,12H,1,3-4,7H2,2H3. The van der Waals surface area contributed by atoms with Crippen LogP contribution in [0.25, 0.3) is 0 Å². The summed E-state index contributed by atoms with van der Waals surface area (Å²) in [5.74, 6) is 1.18. The predicted molar refractivity (Wildman–Crippen MR) is 76.9 cm³/mol. The fourth-order valence-electron chi connectivity index (χ4n) is 2.92. The third-order valence-electron chi connectivity index (χ3n) is 3.80. The number of esters is 1. The lowest BCUT2D eigenvalue weighted by Crippen LogP contribution is -2.28. The quantitative estimate of drug-likeness (QED) is 0.366. The summed E-state index contributed by atoms with van der Waals surface area (Å²) in [6.45, 7) is 4.20. The predicted octanol–water partition coefficient (Wildman–Crippen LogP) is 3.40. The van der Waals surface area contributed by atoms with Crippen LogP contribution in [0.5, 0.6) is 11.5 Å². The molecule has 106 valence electrons. The Labute approximate surface area is 125 Å². The maximum atomic E-state index is 12.1. The van der Waals surface area contributed by atoms with E-state index >= 15 is 0 Å². The monoisotopic (exact) mass is 338 g/mol. The molecule has 0 amide bonds. The molecule has 0 N–H and O–H groups in total. The second kappa shape index (κ2) is 5.22. The smallest absolute Gasteiger partial charge is 0.315 e. The average Bonchev–Trinajstić information content (AvgIpc) is 2.80. The molecule has 1 heterocycles. The molecule has 2 unspecified atom stereocenters. The van der Waals surface area contributed by atoms with Crippen LogP contribution >= 0.6 is 15.9 Å². The van der Waals surface area contributed by atoms with Gasteiger partial charge in [0.25, 0.3) is 0 Å². The topological polar surface area (TPSA) is 44.8 Å². The number of carbonyl (C=O) groups excluding carboxylic acids is 1. The van der Waals surface area contributed by atoms with E-state index < -0.39 is 0 Å². The number of hydrogen-bond donors (Lipinski definition) is 0. The largest absolute Gasteiger partial charge is 0.468 e. The van der Waals surface area contributed by atoms with Gasteiger partial charge in [0.2, 0.25) is 0 Å². The second-order valence-corrected chi connectivity index (χ2v) is 6.02. The Bertz CT molecular complexity index is 581. The number of ether oxygens (including phenoxy) is 3. The summed E-state index contributed by atoms with van der Waals surface area (Å²) >= 11 is 3.44. The van der Waals surface area contributed by atoms with Crippen LogP contribution in [-0.2, 0) is 9.53 Å². The lowest BCUT2D eigenvalue weighted by molar-refractivity contribution is -0.140. The minimum atomic E-state index is -0.160. The van der Waals surface area contributed by atoms with E-state index in [0.717, 1.165) is 22.0 Å². The molecular formula is C15H15BrO4. The molecule has 1 aromatic carbocycles. The van der Waals surface area contributed by atoms with Gasteiger partial charge in [-0.3, -0.25) is 4.79 Å². The Hall–Kier alpha value is -1.33. The normalized spacial score (nSPS) is 24.1. The van der Waals surface area contributed by atoms with Gasteiger partial charge in [0, 0.05) is 18.6 Å². The van der Waals surface area contributed by atoms with Gasteiger partial charge in [-0.2, -0.15) is 0 Å². The third-order valence-corrected chi connectivity index (χ3v) is 4.39. The van der Waals surface area contributed by atoms with Crippen molar-refractivity contribution in [2.45, 2.75) is 18.8 Å². The first-order valence-corrected chi connectivity index (χ1v) is 7.23. The maximum absolute atomic E-state index is 12.1. The minimum Gasteiger partial charge on any atom is -0.468 e. The molecule has 1 aliphatic heterocycles. The summed E-state index contributed by atoms with van der Waals surface area (Å²) in [4.78, 5) is 12.1. The molecule has 1 aliphatic carbocycles. The highest BCUT2D eigenvalue weighted by Gasteiger charge is 2.43. The molecule has 1 aromatic rings. The molecule has 0 radical (unpaired) electrons. The van der Waals surface area contributed by atoms with E-state index in [0.29, 0.717) is 17.9 Å². The Morgan fingerprint density at radius 1 is 1.40 bits per heavy atom. The van der Waals surface area contributed by atoms with Crippen molar-refractivity contribution in [3.05, 3.63) is 34.3 Å². The highest BCUT2D eigenvalue weighted by molar-refractivity contribution is 9.10. The molecule has 2 aliphatic rings. The van der Waals surface area contributed by atoms with Gasteiger partial charge in [-0.25, -0.2) is 0 Å². The molecule has 0 saturated heterocycles. The Balaban J connectivity index is 2.02. The second-order valence-electron chi connectivity index (χ2n) is 5.17. The Kier molecular flexibility index (Phi) is 3.56. The lowest BCUT2D eigenvalue weighted by Gasteiger charge is -2.27. The van der Waals surface area contributed by atoms with Crippen LogP contribution < -0.4 is 9.47 Å². The van der Waals surface area contributed by atoms with Gasteiger partial charge in [-0.05, 0) is 40.9 Å². The zero-order valence-electron chi connectivity index (χ0n) is 11.1. The van der Waals surface area contributed by atoms with Crippen LogP contribution in [0.4, 0.5) is 0 Å². The van der Waals surface area contributed by atoms with E-state index in [2.05, 4.69) is 22.5 Å². The average molecular weight is 339 g/mol. The summed E-state index contributed by atoms with van der Waals surface area (Å²) in [5.41, 5.74) is 2.11. The van der Waals surface area contributed by atoms with E-state index in [9.17, 15) is 4.79 Å². The zero-order chi connectivity index (χ0) is 14.3. The van der Waals surface area contributed by atoms with Crippen LogP contribution in [0.2, 0.25) is 0 Å². The van der Waals surface area contributed by atoms with E-state index in [4.69, 9.17) is 14.2 Å².